The molecule has 0 saturated heterocycles. The van der Waals surface area contributed by atoms with Gasteiger partial charge in [0.05, 0.1) is 0 Å². The molecular weight excluding hydrogens is 144 g/mol. The molecule has 0 amide bonds. The highest BCUT2D eigenvalue weighted by Crippen LogP contribution is 2.57. The van der Waals surface area contributed by atoms with E-state index in [2.05, 4.69) is 6.92 Å². The van der Waals surface area contributed by atoms with Crippen molar-refractivity contribution in [3.63, 3.8) is 0 Å². The van der Waals surface area contributed by atoms with E-state index in [0.717, 1.165) is 11.3 Å². The van der Waals surface area contributed by atoms with E-state index in [1.54, 1.807) is 32.1 Å². The van der Waals surface area contributed by atoms with Crippen molar-refractivity contribution in [3.8, 4) is 0 Å². The maximum atomic E-state index is 2.33. The van der Waals surface area contributed by atoms with Gasteiger partial charge in [-0.15, -0.1) is 0 Å². The van der Waals surface area contributed by atoms with Crippen molar-refractivity contribution >= 4 is 0 Å². The van der Waals surface area contributed by atoms with Crippen LogP contribution in [0.4, 0.5) is 0 Å². The molecule has 2 fully saturated rings. The summed E-state index contributed by atoms with van der Waals surface area (Å²) in [6.07, 6.45) is 13.7. The Morgan fingerprint density at radius 1 is 1.17 bits per heavy atom. The van der Waals surface area contributed by atoms with E-state index in [1.165, 1.54) is 25.7 Å². The van der Waals surface area contributed by atoms with Gasteiger partial charge in [0.25, 0.3) is 0 Å². The van der Waals surface area contributed by atoms with Crippen molar-refractivity contribution in [1.29, 1.82) is 0 Å². The lowest BCUT2D eigenvalue weighted by atomic mass is 9.53. The first-order valence-electron chi connectivity index (χ1n) is 5.87. The minimum atomic E-state index is 0.869. The van der Waals surface area contributed by atoms with Crippen LogP contribution in [0.15, 0.2) is 0 Å². The second-order valence-corrected chi connectivity index (χ2v) is 4.95. The first kappa shape index (κ1) is 8.59. The lowest BCUT2D eigenvalue weighted by Crippen LogP contribution is -2.40. The fourth-order valence-corrected chi connectivity index (χ4v) is 3.04. The van der Waals surface area contributed by atoms with Crippen molar-refractivity contribution in [1.82, 2.24) is 0 Å². The minimum Gasteiger partial charge on any atom is -0.0654 e. The van der Waals surface area contributed by atoms with E-state index in [4.69, 9.17) is 0 Å². The largest absolute Gasteiger partial charge is 0.0654 e. The molecule has 0 aromatic carbocycles. The van der Waals surface area contributed by atoms with Gasteiger partial charge in [-0.25, -0.2) is 0 Å². The monoisotopic (exact) mass is 166 g/mol. The summed E-state index contributed by atoms with van der Waals surface area (Å²) >= 11 is 0. The molecule has 0 bridgehead atoms. The highest BCUT2D eigenvalue weighted by atomic mass is 14.5. The van der Waals surface area contributed by atoms with Crippen LogP contribution in [0.5, 0.6) is 0 Å². The molecular formula is C12H22. The third-order valence-corrected chi connectivity index (χ3v) is 4.35. The lowest BCUT2D eigenvalue weighted by Gasteiger charge is -2.52. The molecule has 0 N–H and O–H groups in total. The Hall–Kier alpha value is 0. The Balaban J connectivity index is 1.85. The summed E-state index contributed by atoms with van der Waals surface area (Å²) in [7, 11) is 0. The van der Waals surface area contributed by atoms with Gasteiger partial charge in [-0.1, -0.05) is 32.6 Å². The van der Waals surface area contributed by atoms with Crippen molar-refractivity contribution in [2.75, 3.05) is 0 Å². The Labute approximate surface area is 76.7 Å². The highest BCUT2D eigenvalue weighted by molar-refractivity contribution is 4.96. The quantitative estimate of drug-likeness (QED) is 0.588. The van der Waals surface area contributed by atoms with Crippen molar-refractivity contribution in [3.05, 3.63) is 0 Å². The number of hydrogen-bond donors (Lipinski definition) is 0. The van der Waals surface area contributed by atoms with E-state index in [-0.39, 0.29) is 0 Å². The normalized spacial score (nSPS) is 27.8. The van der Waals surface area contributed by atoms with E-state index < -0.39 is 0 Å². The fraction of sp³-hybridized carbons (Fsp3) is 1.00. The lowest BCUT2D eigenvalue weighted by molar-refractivity contribution is -0.00802. The molecule has 2 aliphatic carbocycles. The summed E-state index contributed by atoms with van der Waals surface area (Å²) in [5, 5.41) is 0. The molecule has 2 saturated carbocycles. The summed E-state index contributed by atoms with van der Waals surface area (Å²) in [6.45, 7) is 2.33. The maximum absolute atomic E-state index is 2.33. The topological polar surface area (TPSA) is 0 Å². The molecule has 0 heterocycles. The molecule has 2 aliphatic rings. The summed E-state index contributed by atoms with van der Waals surface area (Å²) in [5.74, 6) is 1.15. The average molecular weight is 166 g/mol. The van der Waals surface area contributed by atoms with Crippen LogP contribution in [0.25, 0.3) is 0 Å². The third-order valence-electron chi connectivity index (χ3n) is 4.35. The predicted octanol–water partition coefficient (Wildman–Crippen LogP) is 4.15. The van der Waals surface area contributed by atoms with Gasteiger partial charge in [0, 0.05) is 0 Å². The van der Waals surface area contributed by atoms with Crippen LogP contribution in [0.1, 0.15) is 64.7 Å². The predicted molar refractivity (Wildman–Crippen MR) is 53.2 cm³/mol. The molecule has 12 heavy (non-hydrogen) atoms. The minimum absolute atomic E-state index is 0.869. The first-order chi connectivity index (χ1) is 5.87. The average Bonchev–Trinajstić information content (AvgIpc) is 1.90. The molecule has 0 aliphatic heterocycles. The molecule has 0 heteroatoms. The van der Waals surface area contributed by atoms with Gasteiger partial charge in [0.1, 0.15) is 0 Å². The summed E-state index contributed by atoms with van der Waals surface area (Å²) in [4.78, 5) is 0. The van der Waals surface area contributed by atoms with Crippen LogP contribution in [0.2, 0.25) is 0 Å². The molecule has 0 aromatic heterocycles. The summed E-state index contributed by atoms with van der Waals surface area (Å²) in [6, 6.07) is 0. The SMILES string of the molecule is CCCCC1(C2CCC2)CCC1. The maximum Gasteiger partial charge on any atom is -0.0269 e. The zero-order valence-corrected chi connectivity index (χ0v) is 8.44. The van der Waals surface area contributed by atoms with Crippen LogP contribution in [-0.2, 0) is 0 Å². The van der Waals surface area contributed by atoms with E-state index >= 15 is 0 Å². The molecule has 0 radical (unpaired) electrons. The standard InChI is InChI=1S/C12H22/c1-2-3-8-12(9-5-10-12)11-6-4-7-11/h11H,2-10H2,1H3. The zero-order valence-electron chi connectivity index (χ0n) is 8.44. The van der Waals surface area contributed by atoms with Gasteiger partial charge in [-0.3, -0.25) is 0 Å². The molecule has 0 atom stereocenters. The van der Waals surface area contributed by atoms with Crippen molar-refractivity contribution < 1.29 is 0 Å². The second kappa shape index (κ2) is 3.40. The summed E-state index contributed by atoms with van der Waals surface area (Å²) < 4.78 is 0. The van der Waals surface area contributed by atoms with Gasteiger partial charge in [0.15, 0.2) is 0 Å². The van der Waals surface area contributed by atoms with Crippen LogP contribution in [-0.4, -0.2) is 0 Å². The highest BCUT2D eigenvalue weighted by Gasteiger charge is 2.45. The smallest absolute Gasteiger partial charge is 0.0269 e. The van der Waals surface area contributed by atoms with Gasteiger partial charge in [-0.05, 0) is 43.4 Å². The Kier molecular flexibility index (Phi) is 2.43. The molecule has 0 aromatic rings. The van der Waals surface area contributed by atoms with Gasteiger partial charge >= 0.3 is 0 Å². The number of unbranched alkanes of at least 4 members (excludes halogenated alkanes) is 1. The molecule has 70 valence electrons. The second-order valence-electron chi connectivity index (χ2n) is 4.95. The van der Waals surface area contributed by atoms with E-state index in [1.807, 2.05) is 0 Å². The van der Waals surface area contributed by atoms with Gasteiger partial charge < -0.3 is 0 Å². The Morgan fingerprint density at radius 2 is 1.92 bits per heavy atom. The van der Waals surface area contributed by atoms with Gasteiger partial charge in [-0.2, -0.15) is 0 Å². The third kappa shape index (κ3) is 1.30. The van der Waals surface area contributed by atoms with Crippen LogP contribution in [0, 0.1) is 11.3 Å². The van der Waals surface area contributed by atoms with E-state index in [0.29, 0.717) is 0 Å². The zero-order chi connectivity index (χ0) is 8.44. The van der Waals surface area contributed by atoms with Crippen molar-refractivity contribution in [2.45, 2.75) is 64.7 Å². The van der Waals surface area contributed by atoms with Crippen LogP contribution in [0.3, 0.4) is 0 Å². The number of rotatable bonds is 4. The molecule has 0 unspecified atom stereocenters. The fourth-order valence-electron chi connectivity index (χ4n) is 3.04. The molecule has 2 rings (SSSR count). The first-order valence-corrected chi connectivity index (χ1v) is 5.87. The molecule has 0 nitrogen and oxygen atoms in total. The Morgan fingerprint density at radius 3 is 2.25 bits per heavy atom. The molecule has 0 spiro atoms. The van der Waals surface area contributed by atoms with Crippen LogP contribution >= 0.6 is 0 Å². The number of hydrogen-bond acceptors (Lipinski definition) is 0. The Bertz CT molecular complexity index is 140. The van der Waals surface area contributed by atoms with E-state index in [9.17, 15) is 0 Å². The van der Waals surface area contributed by atoms with Gasteiger partial charge in [0.2, 0.25) is 0 Å². The summed E-state index contributed by atoms with van der Waals surface area (Å²) in [5.41, 5.74) is 0.869. The van der Waals surface area contributed by atoms with Crippen molar-refractivity contribution in [2.24, 2.45) is 11.3 Å². The van der Waals surface area contributed by atoms with Crippen LogP contribution < -0.4 is 0 Å².